The second-order valence-corrected chi connectivity index (χ2v) is 5.63. The fourth-order valence-corrected chi connectivity index (χ4v) is 3.14. The average Bonchev–Trinajstić information content (AvgIpc) is 2.67. The lowest BCUT2D eigenvalue weighted by Gasteiger charge is -2.30. The molecule has 1 N–H and O–H groups in total. The number of carboxylic acid groups (broad SMARTS) is 1. The molecule has 2 fully saturated rings. The van der Waals surface area contributed by atoms with E-state index in [0.29, 0.717) is 12.8 Å². The molecule has 0 aromatic rings. The number of hydrogen-bond donors (Lipinski definition) is 1. The Balaban J connectivity index is 1.84. The molecule has 1 aliphatic heterocycles. The zero-order valence-corrected chi connectivity index (χ0v) is 10.9. The van der Waals surface area contributed by atoms with Gasteiger partial charge in [-0.1, -0.05) is 12.8 Å². The van der Waals surface area contributed by atoms with E-state index in [0.717, 1.165) is 38.8 Å². The van der Waals surface area contributed by atoms with Crippen LogP contribution in [0.4, 0.5) is 0 Å². The minimum atomic E-state index is -0.698. The molecule has 0 bridgehead atoms. The normalized spacial score (nSPS) is 29.7. The summed E-state index contributed by atoms with van der Waals surface area (Å²) in [5.74, 6) is -0.562. The molecule has 0 aromatic carbocycles. The van der Waals surface area contributed by atoms with Gasteiger partial charge in [0.25, 0.3) is 0 Å². The molecule has 2 aliphatic rings. The number of carbonyl (C=O) groups excluding carboxylic acids is 1. The van der Waals surface area contributed by atoms with Crippen LogP contribution >= 0.6 is 0 Å². The van der Waals surface area contributed by atoms with Crippen molar-refractivity contribution in [2.24, 2.45) is 11.8 Å². The first-order valence-corrected chi connectivity index (χ1v) is 7.20. The summed E-state index contributed by atoms with van der Waals surface area (Å²) in [7, 11) is 0. The van der Waals surface area contributed by atoms with E-state index in [9.17, 15) is 9.59 Å². The number of carboxylic acids is 1. The van der Waals surface area contributed by atoms with Crippen LogP contribution in [-0.4, -0.2) is 35.0 Å². The first-order chi connectivity index (χ1) is 8.68. The third-order valence-corrected chi connectivity index (χ3v) is 4.34. The van der Waals surface area contributed by atoms with Crippen LogP contribution in [0.1, 0.15) is 51.4 Å². The van der Waals surface area contributed by atoms with E-state index in [4.69, 9.17) is 5.11 Å². The van der Waals surface area contributed by atoms with Crippen LogP contribution in [0.5, 0.6) is 0 Å². The Hall–Kier alpha value is -1.06. The van der Waals surface area contributed by atoms with E-state index in [-0.39, 0.29) is 17.7 Å². The fourth-order valence-electron chi connectivity index (χ4n) is 3.14. The molecule has 1 heterocycles. The van der Waals surface area contributed by atoms with Crippen molar-refractivity contribution in [1.82, 2.24) is 4.90 Å². The molecular weight excluding hydrogens is 230 g/mol. The van der Waals surface area contributed by atoms with E-state index in [1.54, 1.807) is 0 Å². The number of rotatable bonds is 2. The Bertz CT molecular complexity index is 300. The highest BCUT2D eigenvalue weighted by Gasteiger charge is 2.32. The molecule has 0 aromatic heterocycles. The van der Waals surface area contributed by atoms with Crippen molar-refractivity contribution in [3.8, 4) is 0 Å². The molecule has 0 radical (unpaired) electrons. The second-order valence-electron chi connectivity index (χ2n) is 5.63. The van der Waals surface area contributed by atoms with Gasteiger partial charge in [0, 0.05) is 19.0 Å². The van der Waals surface area contributed by atoms with Crippen LogP contribution in [0, 0.1) is 11.8 Å². The zero-order chi connectivity index (χ0) is 13.0. The lowest BCUT2D eigenvalue weighted by Crippen LogP contribution is -2.38. The predicted molar refractivity (Wildman–Crippen MR) is 68.1 cm³/mol. The molecule has 4 heteroatoms. The number of aliphatic carboxylic acids is 1. The van der Waals surface area contributed by atoms with Gasteiger partial charge in [0.15, 0.2) is 0 Å². The van der Waals surface area contributed by atoms with Gasteiger partial charge in [0.2, 0.25) is 5.91 Å². The minimum Gasteiger partial charge on any atom is -0.481 e. The van der Waals surface area contributed by atoms with Crippen molar-refractivity contribution in [2.75, 3.05) is 13.1 Å². The summed E-state index contributed by atoms with van der Waals surface area (Å²) >= 11 is 0. The van der Waals surface area contributed by atoms with E-state index >= 15 is 0 Å². The van der Waals surface area contributed by atoms with Crippen LogP contribution < -0.4 is 0 Å². The lowest BCUT2D eigenvalue weighted by atomic mass is 9.81. The van der Waals surface area contributed by atoms with E-state index in [1.807, 2.05) is 4.90 Å². The Morgan fingerprint density at radius 2 is 1.33 bits per heavy atom. The van der Waals surface area contributed by atoms with Gasteiger partial charge >= 0.3 is 5.97 Å². The standard InChI is InChI=1S/C14H23NO3/c16-13(15-9-3-1-2-4-10-15)11-5-7-12(8-6-11)14(17)18/h11-12H,1-10H2,(H,17,18). The van der Waals surface area contributed by atoms with Crippen LogP contribution in [0.3, 0.4) is 0 Å². The Labute approximate surface area is 108 Å². The Morgan fingerprint density at radius 1 is 0.833 bits per heavy atom. The van der Waals surface area contributed by atoms with Crippen molar-refractivity contribution in [2.45, 2.75) is 51.4 Å². The summed E-state index contributed by atoms with van der Waals surface area (Å²) in [6, 6.07) is 0. The summed E-state index contributed by atoms with van der Waals surface area (Å²) in [5.41, 5.74) is 0. The number of nitrogens with zero attached hydrogens (tertiary/aromatic N) is 1. The van der Waals surface area contributed by atoms with Gasteiger partial charge in [-0.3, -0.25) is 9.59 Å². The summed E-state index contributed by atoms with van der Waals surface area (Å²) in [5, 5.41) is 8.95. The SMILES string of the molecule is O=C(O)C1CCC(C(=O)N2CCCCCC2)CC1. The van der Waals surface area contributed by atoms with Crippen LogP contribution in [-0.2, 0) is 9.59 Å². The monoisotopic (exact) mass is 253 g/mol. The molecule has 0 atom stereocenters. The maximum Gasteiger partial charge on any atom is 0.306 e. The quantitative estimate of drug-likeness (QED) is 0.821. The second kappa shape index (κ2) is 6.21. The molecule has 102 valence electrons. The smallest absolute Gasteiger partial charge is 0.306 e. The van der Waals surface area contributed by atoms with Crippen molar-refractivity contribution in [3.05, 3.63) is 0 Å². The highest BCUT2D eigenvalue weighted by molar-refractivity contribution is 5.79. The third-order valence-electron chi connectivity index (χ3n) is 4.34. The summed E-state index contributed by atoms with van der Waals surface area (Å²) in [6.07, 6.45) is 7.55. The summed E-state index contributed by atoms with van der Waals surface area (Å²) in [6.45, 7) is 1.80. The minimum absolute atomic E-state index is 0.0821. The van der Waals surface area contributed by atoms with Crippen molar-refractivity contribution in [3.63, 3.8) is 0 Å². The molecular formula is C14H23NO3. The van der Waals surface area contributed by atoms with E-state index in [2.05, 4.69) is 0 Å². The van der Waals surface area contributed by atoms with Gasteiger partial charge in [-0.25, -0.2) is 0 Å². The first kappa shape index (κ1) is 13.4. The van der Waals surface area contributed by atoms with E-state index in [1.165, 1.54) is 12.8 Å². The molecule has 2 rings (SSSR count). The highest BCUT2D eigenvalue weighted by atomic mass is 16.4. The summed E-state index contributed by atoms with van der Waals surface area (Å²) < 4.78 is 0. The fraction of sp³-hybridized carbons (Fsp3) is 0.857. The molecule has 1 aliphatic carbocycles. The van der Waals surface area contributed by atoms with Crippen LogP contribution in [0.2, 0.25) is 0 Å². The molecule has 18 heavy (non-hydrogen) atoms. The molecule has 1 amide bonds. The third kappa shape index (κ3) is 3.24. The lowest BCUT2D eigenvalue weighted by molar-refractivity contribution is -0.145. The van der Waals surface area contributed by atoms with Gasteiger partial charge in [-0.2, -0.15) is 0 Å². The Kier molecular flexibility index (Phi) is 4.61. The maximum atomic E-state index is 12.4. The maximum absolute atomic E-state index is 12.4. The molecule has 1 saturated carbocycles. The summed E-state index contributed by atoms with van der Waals surface area (Å²) in [4.78, 5) is 25.3. The van der Waals surface area contributed by atoms with Gasteiger partial charge in [-0.15, -0.1) is 0 Å². The molecule has 4 nitrogen and oxygen atoms in total. The van der Waals surface area contributed by atoms with Crippen molar-refractivity contribution >= 4 is 11.9 Å². The predicted octanol–water partition coefficient (Wildman–Crippen LogP) is 2.28. The number of amides is 1. The zero-order valence-electron chi connectivity index (χ0n) is 10.9. The number of likely N-dealkylation sites (tertiary alicyclic amines) is 1. The van der Waals surface area contributed by atoms with Gasteiger partial charge < -0.3 is 10.0 Å². The topological polar surface area (TPSA) is 57.6 Å². The molecule has 0 unspecified atom stereocenters. The number of carbonyl (C=O) groups is 2. The van der Waals surface area contributed by atoms with Gasteiger partial charge in [-0.05, 0) is 38.5 Å². The Morgan fingerprint density at radius 3 is 1.83 bits per heavy atom. The van der Waals surface area contributed by atoms with Crippen molar-refractivity contribution in [1.29, 1.82) is 0 Å². The largest absolute Gasteiger partial charge is 0.481 e. The number of hydrogen-bond acceptors (Lipinski definition) is 2. The first-order valence-electron chi connectivity index (χ1n) is 7.20. The van der Waals surface area contributed by atoms with Gasteiger partial charge in [0.05, 0.1) is 5.92 Å². The molecule has 0 spiro atoms. The van der Waals surface area contributed by atoms with Crippen molar-refractivity contribution < 1.29 is 14.7 Å². The van der Waals surface area contributed by atoms with Gasteiger partial charge in [0.1, 0.15) is 0 Å². The highest BCUT2D eigenvalue weighted by Crippen LogP contribution is 2.30. The average molecular weight is 253 g/mol. The van der Waals surface area contributed by atoms with Crippen LogP contribution in [0.15, 0.2) is 0 Å². The van der Waals surface area contributed by atoms with E-state index < -0.39 is 5.97 Å². The molecule has 1 saturated heterocycles. The van der Waals surface area contributed by atoms with Crippen LogP contribution in [0.25, 0.3) is 0 Å².